The minimum absolute atomic E-state index is 0.351. The Morgan fingerprint density at radius 3 is 2.57 bits per heavy atom. The number of rotatable bonds is 3. The van der Waals surface area contributed by atoms with E-state index in [1.807, 2.05) is 54.6 Å². The zero-order valence-electron chi connectivity index (χ0n) is 15.5. The Hall–Kier alpha value is -2.69. The van der Waals surface area contributed by atoms with Crippen LogP contribution in [0.1, 0.15) is 5.56 Å². The van der Waals surface area contributed by atoms with E-state index in [4.69, 9.17) is 16.0 Å². The van der Waals surface area contributed by atoms with Crippen LogP contribution in [0.2, 0.25) is 5.02 Å². The van der Waals surface area contributed by atoms with E-state index in [0.717, 1.165) is 65.2 Å². The Kier molecular flexibility index (Phi) is 4.38. The van der Waals surface area contributed by atoms with E-state index in [-0.39, 0.29) is 0 Å². The van der Waals surface area contributed by atoms with Gasteiger partial charge in [0.25, 0.3) is 0 Å². The van der Waals surface area contributed by atoms with Crippen molar-refractivity contribution in [1.82, 2.24) is 0 Å². The quantitative estimate of drug-likeness (QED) is 0.555. The molecule has 1 fully saturated rings. The van der Waals surface area contributed by atoms with Crippen LogP contribution >= 0.6 is 11.6 Å². The maximum atomic E-state index is 10.6. The van der Waals surface area contributed by atoms with E-state index in [1.165, 1.54) is 10.6 Å². The second kappa shape index (κ2) is 7.04. The highest BCUT2D eigenvalue weighted by Crippen LogP contribution is 2.33. The van der Waals surface area contributed by atoms with Gasteiger partial charge in [0.1, 0.15) is 23.5 Å². The molecule has 0 radical (unpaired) electrons. The molecule has 0 amide bonds. The van der Waals surface area contributed by atoms with Crippen LogP contribution < -0.4 is 9.80 Å². The van der Waals surface area contributed by atoms with Crippen molar-refractivity contribution in [1.29, 1.82) is 0 Å². The van der Waals surface area contributed by atoms with Crippen molar-refractivity contribution in [3.63, 3.8) is 0 Å². The third-order valence-corrected chi connectivity index (χ3v) is 5.90. The van der Waals surface area contributed by atoms with E-state index in [9.17, 15) is 5.11 Å². The van der Waals surface area contributed by atoms with Gasteiger partial charge in [-0.3, -0.25) is 0 Å². The molecule has 2 N–H and O–H groups in total. The Morgan fingerprint density at radius 1 is 0.929 bits per heavy atom. The largest absolute Gasteiger partial charge is 0.507 e. The fraction of sp³-hybridized carbons (Fsp3) is 0.217. The number of furan rings is 1. The average molecular weight is 394 g/mol. The Morgan fingerprint density at radius 2 is 1.75 bits per heavy atom. The topological polar surface area (TPSA) is 41.1 Å². The molecular weight excluding hydrogens is 372 g/mol. The molecule has 2 heterocycles. The third kappa shape index (κ3) is 3.19. The molecule has 142 valence electrons. The van der Waals surface area contributed by atoms with E-state index >= 15 is 0 Å². The lowest BCUT2D eigenvalue weighted by Crippen LogP contribution is -3.13. The first-order valence-corrected chi connectivity index (χ1v) is 10.0. The summed E-state index contributed by atoms with van der Waals surface area (Å²) in [5.41, 5.74) is 3.82. The number of piperazine rings is 1. The van der Waals surface area contributed by atoms with E-state index in [1.54, 1.807) is 0 Å². The highest BCUT2D eigenvalue weighted by atomic mass is 35.5. The molecule has 3 aromatic carbocycles. The second-order valence-corrected chi connectivity index (χ2v) is 7.91. The van der Waals surface area contributed by atoms with Gasteiger partial charge in [0.05, 0.1) is 31.7 Å². The molecule has 4 nitrogen and oxygen atoms in total. The predicted molar refractivity (Wildman–Crippen MR) is 113 cm³/mol. The van der Waals surface area contributed by atoms with Gasteiger partial charge in [-0.2, -0.15) is 0 Å². The van der Waals surface area contributed by atoms with E-state index in [2.05, 4.69) is 11.0 Å². The summed E-state index contributed by atoms with van der Waals surface area (Å²) < 4.78 is 5.98. The molecular formula is C23H22ClN2O2+. The molecule has 4 aromatic rings. The van der Waals surface area contributed by atoms with Crippen LogP contribution in [0, 0.1) is 0 Å². The molecule has 0 saturated carbocycles. The molecule has 0 aliphatic carbocycles. The van der Waals surface area contributed by atoms with Crippen LogP contribution in [0.5, 0.6) is 5.75 Å². The van der Waals surface area contributed by atoms with Crippen LogP contribution in [0.4, 0.5) is 5.69 Å². The molecule has 5 heteroatoms. The minimum atomic E-state index is 0.351. The number of benzene rings is 3. The van der Waals surface area contributed by atoms with Crippen molar-refractivity contribution in [3.8, 4) is 5.75 Å². The monoisotopic (exact) mass is 393 g/mol. The maximum absolute atomic E-state index is 10.6. The summed E-state index contributed by atoms with van der Waals surface area (Å²) in [5, 5.41) is 13.4. The van der Waals surface area contributed by atoms with Crippen molar-refractivity contribution in [2.24, 2.45) is 0 Å². The van der Waals surface area contributed by atoms with Crippen LogP contribution in [0.25, 0.3) is 21.9 Å². The fourth-order valence-corrected chi connectivity index (χ4v) is 4.33. The van der Waals surface area contributed by atoms with E-state index in [0.29, 0.717) is 5.75 Å². The first kappa shape index (κ1) is 17.4. The van der Waals surface area contributed by atoms with Crippen molar-refractivity contribution in [2.45, 2.75) is 6.54 Å². The summed E-state index contributed by atoms with van der Waals surface area (Å²) in [5.74, 6) is 0.351. The molecule has 5 rings (SSSR count). The van der Waals surface area contributed by atoms with Gasteiger partial charge in [0.2, 0.25) is 0 Å². The summed E-state index contributed by atoms with van der Waals surface area (Å²) >= 11 is 6.13. The number of hydrogen-bond acceptors (Lipinski definition) is 3. The summed E-state index contributed by atoms with van der Waals surface area (Å²) in [6.45, 7) is 4.78. The minimum Gasteiger partial charge on any atom is -0.507 e. The number of aromatic hydroxyl groups is 1. The first-order valence-electron chi connectivity index (χ1n) is 9.64. The molecule has 0 spiro atoms. The fourth-order valence-electron chi connectivity index (χ4n) is 4.14. The maximum Gasteiger partial charge on any atom is 0.136 e. The Bertz CT molecular complexity index is 1150. The highest BCUT2D eigenvalue weighted by molar-refractivity contribution is 6.30. The average Bonchev–Trinajstić information content (AvgIpc) is 3.06. The van der Waals surface area contributed by atoms with Gasteiger partial charge >= 0.3 is 0 Å². The molecule has 1 aliphatic heterocycles. The summed E-state index contributed by atoms with van der Waals surface area (Å²) in [7, 11) is 0. The van der Waals surface area contributed by atoms with E-state index < -0.39 is 0 Å². The smallest absolute Gasteiger partial charge is 0.136 e. The number of quaternary nitrogens is 1. The zero-order chi connectivity index (χ0) is 19.1. The van der Waals surface area contributed by atoms with Gasteiger partial charge in [0.15, 0.2) is 0 Å². The predicted octanol–water partition coefficient (Wildman–Crippen LogP) is 3.85. The first-order chi connectivity index (χ1) is 13.7. The van der Waals surface area contributed by atoms with Crippen molar-refractivity contribution < 1.29 is 14.4 Å². The third-order valence-electron chi connectivity index (χ3n) is 5.66. The highest BCUT2D eigenvalue weighted by Gasteiger charge is 2.22. The van der Waals surface area contributed by atoms with Gasteiger partial charge < -0.3 is 19.3 Å². The lowest BCUT2D eigenvalue weighted by Gasteiger charge is -2.33. The SMILES string of the molecule is Oc1cc2c(cc1C[NH+]1CCN(c3cccc(Cl)c3)CC1)oc1ccccc12. The number of halogens is 1. The van der Waals surface area contributed by atoms with Crippen molar-refractivity contribution in [3.05, 3.63) is 71.2 Å². The number of hydrogen-bond donors (Lipinski definition) is 2. The zero-order valence-corrected chi connectivity index (χ0v) is 16.2. The summed E-state index contributed by atoms with van der Waals surface area (Å²) in [6, 6.07) is 19.8. The number of phenols is 1. The standard InChI is InChI=1S/C23H21ClN2O2/c24-17-4-3-5-18(13-17)26-10-8-25(9-11-26)15-16-12-23-20(14-21(16)27)19-6-1-2-7-22(19)28-23/h1-7,12-14,27H,8-11,15H2/p+1. The molecule has 28 heavy (non-hydrogen) atoms. The molecule has 1 aromatic heterocycles. The lowest BCUT2D eigenvalue weighted by atomic mass is 10.1. The van der Waals surface area contributed by atoms with Crippen LogP contribution in [-0.4, -0.2) is 31.3 Å². The van der Waals surface area contributed by atoms with Gasteiger partial charge in [-0.05, 0) is 36.4 Å². The summed E-state index contributed by atoms with van der Waals surface area (Å²) in [6.07, 6.45) is 0. The normalized spacial score (nSPS) is 15.5. The lowest BCUT2D eigenvalue weighted by molar-refractivity contribution is -0.914. The van der Waals surface area contributed by atoms with Gasteiger partial charge in [0, 0.05) is 21.5 Å². The number of para-hydroxylation sites is 1. The molecule has 0 bridgehead atoms. The molecule has 1 saturated heterocycles. The van der Waals surface area contributed by atoms with Crippen LogP contribution in [0.3, 0.4) is 0 Å². The van der Waals surface area contributed by atoms with Crippen molar-refractivity contribution >= 4 is 39.2 Å². The summed E-state index contributed by atoms with van der Waals surface area (Å²) in [4.78, 5) is 3.83. The second-order valence-electron chi connectivity index (χ2n) is 7.47. The molecule has 1 aliphatic rings. The number of phenolic OH excluding ortho intramolecular Hbond substituents is 1. The van der Waals surface area contributed by atoms with Gasteiger partial charge in [-0.25, -0.2) is 0 Å². The van der Waals surface area contributed by atoms with Crippen LogP contribution in [0.15, 0.2) is 65.1 Å². The van der Waals surface area contributed by atoms with Gasteiger partial charge in [-0.15, -0.1) is 0 Å². The molecule has 0 atom stereocenters. The van der Waals surface area contributed by atoms with Crippen molar-refractivity contribution in [2.75, 3.05) is 31.1 Å². The number of fused-ring (bicyclic) bond motifs is 3. The molecule has 0 unspecified atom stereocenters. The number of anilines is 1. The van der Waals surface area contributed by atoms with Crippen LogP contribution in [-0.2, 0) is 6.54 Å². The number of nitrogens with zero attached hydrogens (tertiary/aromatic N) is 1. The Labute approximate surface area is 168 Å². The Balaban J connectivity index is 1.33. The van der Waals surface area contributed by atoms with Gasteiger partial charge in [-0.1, -0.05) is 35.9 Å². The number of nitrogens with one attached hydrogen (secondary N) is 1.